The lowest BCUT2D eigenvalue weighted by Gasteiger charge is -2.21. The van der Waals surface area contributed by atoms with Crippen molar-refractivity contribution in [3.63, 3.8) is 0 Å². The van der Waals surface area contributed by atoms with Crippen molar-refractivity contribution in [2.45, 2.75) is 45.3 Å². The Labute approximate surface area is 95.2 Å². The summed E-state index contributed by atoms with van der Waals surface area (Å²) in [4.78, 5) is 22.7. The summed E-state index contributed by atoms with van der Waals surface area (Å²) < 4.78 is 5.20. The average molecular weight is 229 g/mol. The lowest BCUT2D eigenvalue weighted by molar-refractivity contribution is -0.145. The van der Waals surface area contributed by atoms with Crippen molar-refractivity contribution in [1.29, 1.82) is 0 Å². The second-order valence-electron chi connectivity index (χ2n) is 4.21. The monoisotopic (exact) mass is 229 g/mol. The molecule has 16 heavy (non-hydrogen) atoms. The van der Waals surface area contributed by atoms with Gasteiger partial charge in [-0.15, -0.1) is 0 Å². The number of carbonyl (C=O) groups excluding carboxylic acids is 1. The second-order valence-corrected chi connectivity index (χ2v) is 4.21. The van der Waals surface area contributed by atoms with Crippen LogP contribution in [0.4, 0.5) is 0 Å². The molecule has 5 heteroatoms. The van der Waals surface area contributed by atoms with Gasteiger partial charge in [0.05, 0.1) is 0 Å². The smallest absolute Gasteiger partial charge is 0.326 e. The van der Waals surface area contributed by atoms with E-state index in [1.165, 1.54) is 0 Å². The van der Waals surface area contributed by atoms with E-state index in [9.17, 15) is 9.59 Å². The molecule has 1 heterocycles. The molecule has 1 rings (SSSR count). The predicted octanol–water partition coefficient (Wildman–Crippen LogP) is 0.781. The van der Waals surface area contributed by atoms with Gasteiger partial charge in [0.25, 0.3) is 0 Å². The van der Waals surface area contributed by atoms with Crippen molar-refractivity contribution in [2.75, 3.05) is 6.61 Å². The summed E-state index contributed by atoms with van der Waals surface area (Å²) in [6.45, 7) is 4.30. The first kappa shape index (κ1) is 13.0. The third-order valence-electron chi connectivity index (χ3n) is 3.00. The molecule has 1 aliphatic heterocycles. The molecule has 1 amide bonds. The minimum Gasteiger partial charge on any atom is -0.480 e. The van der Waals surface area contributed by atoms with Crippen LogP contribution < -0.4 is 5.32 Å². The summed E-state index contributed by atoms with van der Waals surface area (Å²) in [6.07, 6.45) is 1.78. The van der Waals surface area contributed by atoms with Crippen molar-refractivity contribution < 1.29 is 19.4 Å². The van der Waals surface area contributed by atoms with Crippen molar-refractivity contribution in [2.24, 2.45) is 5.92 Å². The van der Waals surface area contributed by atoms with Crippen molar-refractivity contribution in [3.05, 3.63) is 0 Å². The highest BCUT2D eigenvalue weighted by Gasteiger charge is 2.30. The molecule has 5 nitrogen and oxygen atoms in total. The maximum atomic E-state index is 11.7. The molecule has 0 unspecified atom stereocenters. The molecule has 0 bridgehead atoms. The zero-order valence-electron chi connectivity index (χ0n) is 9.73. The van der Waals surface area contributed by atoms with Crippen LogP contribution in [-0.2, 0) is 14.3 Å². The van der Waals surface area contributed by atoms with Gasteiger partial charge < -0.3 is 15.2 Å². The van der Waals surface area contributed by atoms with E-state index in [1.807, 2.05) is 13.8 Å². The molecular weight excluding hydrogens is 210 g/mol. The van der Waals surface area contributed by atoms with Crippen LogP contribution >= 0.6 is 0 Å². The van der Waals surface area contributed by atoms with Gasteiger partial charge >= 0.3 is 5.97 Å². The number of amides is 1. The van der Waals surface area contributed by atoms with Gasteiger partial charge in [-0.2, -0.15) is 0 Å². The van der Waals surface area contributed by atoms with E-state index in [0.717, 1.165) is 6.42 Å². The summed E-state index contributed by atoms with van der Waals surface area (Å²) in [5.74, 6) is -1.37. The molecule has 2 N–H and O–H groups in total. The van der Waals surface area contributed by atoms with Crippen molar-refractivity contribution in [1.82, 2.24) is 5.32 Å². The van der Waals surface area contributed by atoms with Crippen LogP contribution in [0.1, 0.15) is 33.1 Å². The first-order valence-corrected chi connectivity index (χ1v) is 5.71. The Bertz CT molecular complexity index is 261. The zero-order chi connectivity index (χ0) is 12.1. The first-order valence-electron chi connectivity index (χ1n) is 5.71. The molecular formula is C11H19NO4. The standard InChI is InChI=1S/C11H19NO4/c1-3-7(2)9(11(14)15)12-10(13)8-5-4-6-16-8/h7-9H,3-6H2,1-2H3,(H,12,13)(H,14,15)/t7-,8-,9-/m0/s1. The Kier molecular flexibility index (Phi) is 4.73. The molecule has 0 spiro atoms. The molecule has 0 aliphatic carbocycles. The molecule has 0 radical (unpaired) electrons. The minimum atomic E-state index is -0.985. The highest BCUT2D eigenvalue weighted by atomic mass is 16.5. The van der Waals surface area contributed by atoms with Gasteiger partial charge in [0, 0.05) is 6.61 Å². The van der Waals surface area contributed by atoms with E-state index in [1.54, 1.807) is 0 Å². The summed E-state index contributed by atoms with van der Waals surface area (Å²) in [7, 11) is 0. The summed E-state index contributed by atoms with van der Waals surface area (Å²) in [6, 6.07) is -0.818. The highest BCUT2D eigenvalue weighted by molar-refractivity contribution is 5.86. The highest BCUT2D eigenvalue weighted by Crippen LogP contribution is 2.14. The zero-order valence-corrected chi connectivity index (χ0v) is 9.73. The van der Waals surface area contributed by atoms with Crippen molar-refractivity contribution >= 4 is 11.9 Å². The third kappa shape index (κ3) is 3.20. The number of hydrogen-bond acceptors (Lipinski definition) is 3. The Hall–Kier alpha value is -1.10. The maximum absolute atomic E-state index is 11.7. The summed E-state index contributed by atoms with van der Waals surface area (Å²) in [5.41, 5.74) is 0. The minimum absolute atomic E-state index is 0.0807. The van der Waals surface area contributed by atoms with E-state index in [2.05, 4.69) is 5.32 Å². The number of aliphatic carboxylic acids is 1. The van der Waals surface area contributed by atoms with E-state index in [0.29, 0.717) is 19.4 Å². The van der Waals surface area contributed by atoms with Crippen molar-refractivity contribution in [3.8, 4) is 0 Å². The lowest BCUT2D eigenvalue weighted by atomic mass is 9.99. The van der Waals surface area contributed by atoms with Crippen LogP contribution in [0.2, 0.25) is 0 Å². The molecule has 0 aromatic heterocycles. The molecule has 1 saturated heterocycles. The third-order valence-corrected chi connectivity index (χ3v) is 3.00. The number of ether oxygens (including phenoxy) is 1. The quantitative estimate of drug-likeness (QED) is 0.730. The maximum Gasteiger partial charge on any atom is 0.326 e. The van der Waals surface area contributed by atoms with Gasteiger partial charge in [0.15, 0.2) is 0 Å². The summed E-state index contributed by atoms with van der Waals surface area (Å²) in [5, 5.41) is 11.6. The average Bonchev–Trinajstić information content (AvgIpc) is 2.77. The Morgan fingerprint density at radius 2 is 2.25 bits per heavy atom. The van der Waals surface area contributed by atoms with Gasteiger partial charge in [-0.05, 0) is 18.8 Å². The fourth-order valence-electron chi connectivity index (χ4n) is 1.71. The van der Waals surface area contributed by atoms with Crippen LogP contribution in [0, 0.1) is 5.92 Å². The summed E-state index contributed by atoms with van der Waals surface area (Å²) >= 11 is 0. The normalized spacial score (nSPS) is 23.8. The molecule has 0 saturated carbocycles. The largest absolute Gasteiger partial charge is 0.480 e. The molecule has 1 fully saturated rings. The number of nitrogens with one attached hydrogen (secondary N) is 1. The van der Waals surface area contributed by atoms with Gasteiger partial charge in [-0.25, -0.2) is 4.79 Å². The van der Waals surface area contributed by atoms with Gasteiger partial charge in [-0.1, -0.05) is 20.3 Å². The Morgan fingerprint density at radius 3 is 2.69 bits per heavy atom. The number of carboxylic acids is 1. The first-order chi connectivity index (χ1) is 7.56. The SMILES string of the molecule is CC[C@H](C)[C@H](NC(=O)[C@@H]1CCCO1)C(=O)O. The number of carboxylic acid groups (broad SMARTS) is 1. The van der Waals surface area contributed by atoms with Crippen LogP contribution in [0.3, 0.4) is 0 Å². The predicted molar refractivity (Wildman–Crippen MR) is 58.0 cm³/mol. The molecule has 92 valence electrons. The fraction of sp³-hybridized carbons (Fsp3) is 0.818. The van der Waals surface area contributed by atoms with E-state index in [4.69, 9.17) is 9.84 Å². The topological polar surface area (TPSA) is 75.6 Å². The molecule has 1 aliphatic rings. The number of rotatable bonds is 5. The van der Waals surface area contributed by atoms with E-state index >= 15 is 0 Å². The van der Waals surface area contributed by atoms with Gasteiger partial charge in [0.1, 0.15) is 12.1 Å². The molecule has 3 atom stereocenters. The number of hydrogen-bond donors (Lipinski definition) is 2. The molecule has 0 aromatic carbocycles. The van der Waals surface area contributed by atoms with Gasteiger partial charge in [0.2, 0.25) is 5.91 Å². The second kappa shape index (κ2) is 5.84. The lowest BCUT2D eigenvalue weighted by Crippen LogP contribution is -2.48. The van der Waals surface area contributed by atoms with Gasteiger partial charge in [-0.3, -0.25) is 4.79 Å². The van der Waals surface area contributed by atoms with E-state index in [-0.39, 0.29) is 11.8 Å². The van der Waals surface area contributed by atoms with Crippen LogP contribution in [0.25, 0.3) is 0 Å². The fourth-order valence-corrected chi connectivity index (χ4v) is 1.71. The number of carbonyl (C=O) groups is 2. The van der Waals surface area contributed by atoms with Crippen LogP contribution in [0.5, 0.6) is 0 Å². The Morgan fingerprint density at radius 1 is 1.56 bits per heavy atom. The van der Waals surface area contributed by atoms with E-state index < -0.39 is 18.1 Å². The molecule has 0 aromatic rings. The van der Waals surface area contributed by atoms with Crippen LogP contribution in [0.15, 0.2) is 0 Å². The van der Waals surface area contributed by atoms with Crippen LogP contribution in [-0.4, -0.2) is 35.7 Å². The Balaban J connectivity index is 2.53.